The van der Waals surface area contributed by atoms with E-state index >= 15 is 0 Å². The highest BCUT2D eigenvalue weighted by molar-refractivity contribution is 5.79. The Morgan fingerprint density at radius 2 is 1.96 bits per heavy atom. The standard InChI is InChI=1S/C19H22N4O2/c1-13-10-16(22-18(21-13)14-4-2-3-5-15(14)24)23-8-6-19(7-9-23)11-17(25)20-12-19/h2-5,10,24H,6-9,11-12H2,1H3,(H,20,25). The van der Waals surface area contributed by atoms with E-state index in [2.05, 4.69) is 15.2 Å². The molecule has 3 heterocycles. The molecule has 25 heavy (non-hydrogen) atoms. The van der Waals surface area contributed by atoms with Crippen LogP contribution >= 0.6 is 0 Å². The average molecular weight is 338 g/mol. The number of para-hydroxylation sites is 1. The largest absolute Gasteiger partial charge is 0.507 e. The van der Waals surface area contributed by atoms with E-state index in [-0.39, 0.29) is 17.1 Å². The molecule has 1 spiro atoms. The number of nitrogens with one attached hydrogen (secondary N) is 1. The van der Waals surface area contributed by atoms with Crippen LogP contribution in [0.25, 0.3) is 11.4 Å². The van der Waals surface area contributed by atoms with Crippen LogP contribution in [0, 0.1) is 12.3 Å². The van der Waals surface area contributed by atoms with Crippen molar-refractivity contribution in [2.24, 2.45) is 5.41 Å². The third-order valence-corrected chi connectivity index (χ3v) is 5.33. The lowest BCUT2D eigenvalue weighted by molar-refractivity contribution is -0.119. The molecule has 6 nitrogen and oxygen atoms in total. The van der Waals surface area contributed by atoms with Crippen LogP contribution in [0.1, 0.15) is 25.0 Å². The molecule has 0 atom stereocenters. The molecular formula is C19H22N4O2. The summed E-state index contributed by atoms with van der Waals surface area (Å²) in [5.74, 6) is 1.80. The summed E-state index contributed by atoms with van der Waals surface area (Å²) in [6.07, 6.45) is 2.62. The first-order valence-electron chi connectivity index (χ1n) is 8.70. The minimum absolute atomic E-state index is 0.121. The van der Waals surface area contributed by atoms with E-state index in [1.807, 2.05) is 25.1 Å². The molecule has 130 valence electrons. The van der Waals surface area contributed by atoms with Gasteiger partial charge in [0.25, 0.3) is 0 Å². The molecule has 2 aliphatic rings. The van der Waals surface area contributed by atoms with Crippen LogP contribution in [0.3, 0.4) is 0 Å². The Morgan fingerprint density at radius 1 is 1.20 bits per heavy atom. The number of piperidine rings is 1. The molecule has 0 radical (unpaired) electrons. The zero-order valence-corrected chi connectivity index (χ0v) is 14.3. The van der Waals surface area contributed by atoms with E-state index in [0.29, 0.717) is 17.8 Å². The summed E-state index contributed by atoms with van der Waals surface area (Å²) >= 11 is 0. The van der Waals surface area contributed by atoms with Crippen molar-refractivity contribution in [2.75, 3.05) is 24.5 Å². The van der Waals surface area contributed by atoms with Crippen molar-refractivity contribution in [3.8, 4) is 17.1 Å². The highest BCUT2D eigenvalue weighted by Crippen LogP contribution is 2.38. The first-order valence-corrected chi connectivity index (χ1v) is 8.70. The molecule has 1 aromatic heterocycles. The van der Waals surface area contributed by atoms with Gasteiger partial charge in [-0.25, -0.2) is 9.97 Å². The highest BCUT2D eigenvalue weighted by Gasteiger charge is 2.41. The molecule has 1 amide bonds. The average Bonchev–Trinajstić information content (AvgIpc) is 2.96. The number of carbonyl (C=O) groups is 1. The van der Waals surface area contributed by atoms with Crippen LogP contribution < -0.4 is 10.2 Å². The van der Waals surface area contributed by atoms with Gasteiger partial charge in [0.1, 0.15) is 11.6 Å². The quantitative estimate of drug-likeness (QED) is 0.878. The van der Waals surface area contributed by atoms with Gasteiger partial charge < -0.3 is 15.3 Å². The topological polar surface area (TPSA) is 78.4 Å². The predicted octanol–water partition coefficient (Wildman–Crippen LogP) is 2.26. The van der Waals surface area contributed by atoms with Crippen molar-refractivity contribution >= 4 is 11.7 Å². The minimum atomic E-state index is 0.121. The number of aryl methyl sites for hydroxylation is 1. The van der Waals surface area contributed by atoms with Gasteiger partial charge in [0.15, 0.2) is 5.82 Å². The first kappa shape index (κ1) is 15.9. The van der Waals surface area contributed by atoms with Crippen LogP contribution in [0.5, 0.6) is 5.75 Å². The third-order valence-electron chi connectivity index (χ3n) is 5.33. The molecule has 6 heteroatoms. The van der Waals surface area contributed by atoms with E-state index in [9.17, 15) is 9.90 Å². The lowest BCUT2D eigenvalue weighted by Crippen LogP contribution is -2.41. The molecular weight excluding hydrogens is 316 g/mol. The van der Waals surface area contributed by atoms with Gasteiger partial charge in [0.2, 0.25) is 5.91 Å². The van der Waals surface area contributed by atoms with Gasteiger partial charge in [0, 0.05) is 37.8 Å². The summed E-state index contributed by atoms with van der Waals surface area (Å²) in [4.78, 5) is 23.0. The number of phenolic OH excluding ortho intramolecular Hbond substituents is 1. The van der Waals surface area contributed by atoms with Crippen molar-refractivity contribution in [1.82, 2.24) is 15.3 Å². The Morgan fingerprint density at radius 3 is 2.64 bits per heavy atom. The van der Waals surface area contributed by atoms with Crippen LogP contribution in [0.15, 0.2) is 30.3 Å². The Balaban J connectivity index is 1.58. The Kier molecular flexibility index (Phi) is 3.82. The van der Waals surface area contributed by atoms with Crippen LogP contribution in [-0.4, -0.2) is 40.6 Å². The zero-order chi connectivity index (χ0) is 17.4. The summed E-state index contributed by atoms with van der Waals surface area (Å²) in [5.41, 5.74) is 1.64. The number of phenols is 1. The second-order valence-electron chi connectivity index (χ2n) is 7.15. The molecule has 0 saturated carbocycles. The van der Waals surface area contributed by atoms with E-state index in [1.165, 1.54) is 0 Å². The summed E-state index contributed by atoms with van der Waals surface area (Å²) in [7, 11) is 0. The van der Waals surface area contributed by atoms with E-state index in [1.54, 1.807) is 12.1 Å². The van der Waals surface area contributed by atoms with Crippen molar-refractivity contribution in [2.45, 2.75) is 26.2 Å². The second-order valence-corrected chi connectivity index (χ2v) is 7.15. The number of carbonyl (C=O) groups excluding carboxylic acids is 1. The molecule has 2 aromatic rings. The molecule has 4 rings (SSSR count). The highest BCUT2D eigenvalue weighted by atomic mass is 16.3. The fourth-order valence-corrected chi connectivity index (χ4v) is 3.81. The maximum absolute atomic E-state index is 11.6. The fraction of sp³-hybridized carbons (Fsp3) is 0.421. The Hall–Kier alpha value is -2.63. The zero-order valence-electron chi connectivity index (χ0n) is 14.3. The van der Waals surface area contributed by atoms with Gasteiger partial charge in [-0.05, 0) is 37.3 Å². The third kappa shape index (κ3) is 3.04. The fourth-order valence-electron chi connectivity index (χ4n) is 3.81. The normalized spacial score (nSPS) is 19.2. The van der Waals surface area contributed by atoms with Gasteiger partial charge >= 0.3 is 0 Å². The lowest BCUT2D eigenvalue weighted by atomic mass is 9.77. The number of aromatic nitrogens is 2. The number of rotatable bonds is 2. The number of nitrogens with zero attached hydrogens (tertiary/aromatic N) is 3. The second kappa shape index (κ2) is 6.02. The molecule has 0 aliphatic carbocycles. The number of aromatic hydroxyl groups is 1. The Labute approximate surface area is 146 Å². The van der Waals surface area contributed by atoms with Crippen molar-refractivity contribution < 1.29 is 9.90 Å². The number of anilines is 1. The molecule has 2 saturated heterocycles. The van der Waals surface area contributed by atoms with Gasteiger partial charge in [-0.15, -0.1) is 0 Å². The van der Waals surface area contributed by atoms with Gasteiger partial charge in [-0.2, -0.15) is 0 Å². The Bertz CT molecular complexity index is 813. The molecule has 2 N–H and O–H groups in total. The predicted molar refractivity (Wildman–Crippen MR) is 95.4 cm³/mol. The molecule has 1 aromatic carbocycles. The molecule has 2 fully saturated rings. The maximum atomic E-state index is 11.6. The molecule has 0 unspecified atom stereocenters. The number of benzene rings is 1. The van der Waals surface area contributed by atoms with E-state index < -0.39 is 0 Å². The van der Waals surface area contributed by atoms with Gasteiger partial charge in [-0.3, -0.25) is 4.79 Å². The van der Waals surface area contributed by atoms with Crippen LogP contribution in [0.4, 0.5) is 5.82 Å². The smallest absolute Gasteiger partial charge is 0.220 e. The maximum Gasteiger partial charge on any atom is 0.220 e. The summed E-state index contributed by atoms with van der Waals surface area (Å²) in [6, 6.07) is 9.12. The monoisotopic (exact) mass is 338 g/mol. The first-order chi connectivity index (χ1) is 12.0. The summed E-state index contributed by atoms with van der Waals surface area (Å²) in [5, 5.41) is 13.1. The number of hydrogen-bond acceptors (Lipinski definition) is 5. The molecule has 2 aliphatic heterocycles. The van der Waals surface area contributed by atoms with Crippen molar-refractivity contribution in [3.63, 3.8) is 0 Å². The van der Waals surface area contributed by atoms with Crippen molar-refractivity contribution in [3.05, 3.63) is 36.0 Å². The van der Waals surface area contributed by atoms with Gasteiger partial charge in [-0.1, -0.05) is 12.1 Å². The summed E-state index contributed by atoms with van der Waals surface area (Å²) in [6.45, 7) is 4.50. The lowest BCUT2D eigenvalue weighted by Gasteiger charge is -2.38. The van der Waals surface area contributed by atoms with E-state index in [4.69, 9.17) is 4.98 Å². The SMILES string of the molecule is Cc1cc(N2CCC3(CC2)CNC(=O)C3)nc(-c2ccccc2O)n1. The summed E-state index contributed by atoms with van der Waals surface area (Å²) < 4.78 is 0. The minimum Gasteiger partial charge on any atom is -0.507 e. The van der Waals surface area contributed by atoms with Gasteiger partial charge in [0.05, 0.1) is 5.56 Å². The molecule has 0 bridgehead atoms. The van der Waals surface area contributed by atoms with Crippen molar-refractivity contribution in [1.29, 1.82) is 0 Å². The van der Waals surface area contributed by atoms with Crippen LogP contribution in [0.2, 0.25) is 0 Å². The van der Waals surface area contributed by atoms with E-state index in [0.717, 1.165) is 44.0 Å². The number of amides is 1. The van der Waals surface area contributed by atoms with Crippen LogP contribution in [-0.2, 0) is 4.79 Å². The number of hydrogen-bond donors (Lipinski definition) is 2.